The van der Waals surface area contributed by atoms with E-state index in [0.717, 1.165) is 61.5 Å². The van der Waals surface area contributed by atoms with Crippen LogP contribution in [0.4, 0.5) is 5.69 Å². The molecule has 190 valence electrons. The Morgan fingerprint density at radius 1 is 0.667 bits per heavy atom. The van der Waals surface area contributed by atoms with Crippen LogP contribution in [-0.4, -0.2) is 21.6 Å². The van der Waals surface area contributed by atoms with Gasteiger partial charge in [0.2, 0.25) is 0 Å². The van der Waals surface area contributed by atoms with Crippen molar-refractivity contribution in [1.29, 1.82) is 0 Å². The van der Waals surface area contributed by atoms with E-state index in [1.165, 1.54) is 0 Å². The van der Waals surface area contributed by atoms with Crippen LogP contribution in [0.2, 0.25) is 0 Å². The summed E-state index contributed by atoms with van der Waals surface area (Å²) in [4.78, 5) is 28.8. The maximum atomic E-state index is 13.8. The fraction of sp³-hybridized carbons (Fsp3) is 0.118. The van der Waals surface area contributed by atoms with Gasteiger partial charge in [0.1, 0.15) is 0 Å². The molecule has 5 nitrogen and oxygen atoms in total. The second kappa shape index (κ2) is 9.14. The van der Waals surface area contributed by atoms with Crippen LogP contribution in [0.15, 0.2) is 108 Å². The summed E-state index contributed by atoms with van der Waals surface area (Å²) in [5.41, 5.74) is 6.72. The molecule has 0 spiro atoms. The molecule has 0 saturated heterocycles. The summed E-state index contributed by atoms with van der Waals surface area (Å²) in [5.74, 6) is 0.0266. The molecule has 1 aliphatic rings. The van der Waals surface area contributed by atoms with Gasteiger partial charge in [0.05, 0.1) is 16.7 Å². The number of fused-ring (bicyclic) bond motifs is 4. The normalized spacial score (nSPS) is 14.2. The molecule has 0 unspecified atom stereocenters. The zero-order valence-electron chi connectivity index (χ0n) is 21.7. The fourth-order valence-electron chi connectivity index (χ4n) is 6.02. The standard InChI is InChI=1S/C34H27N3O2/c1-35-22-23(24-11-2-6-15-29(24)35)21-28-25-12-3-7-16-30(25)37(34(28)39)20-10-19-36-31-17-8-4-13-26(31)33(38)27-14-5-9-18-32(27)36/h2-9,11-18,21-22H,10,19-20H2,1H3/b28-21-. The number of aromatic nitrogens is 2. The molecule has 5 heteroatoms. The molecule has 1 amide bonds. The number of carbonyl (C=O) groups excluding carboxylic acids is 1. The number of rotatable bonds is 5. The smallest absolute Gasteiger partial charge is 0.258 e. The van der Waals surface area contributed by atoms with Gasteiger partial charge in [-0.1, -0.05) is 60.7 Å². The molecule has 7 rings (SSSR count). The Morgan fingerprint density at radius 3 is 1.97 bits per heavy atom. The Bertz CT molecular complexity index is 1950. The van der Waals surface area contributed by atoms with Gasteiger partial charge in [-0.3, -0.25) is 9.59 Å². The molecule has 6 aromatic rings. The predicted octanol–water partition coefficient (Wildman–Crippen LogP) is 6.62. The van der Waals surface area contributed by atoms with E-state index >= 15 is 0 Å². The van der Waals surface area contributed by atoms with Gasteiger partial charge < -0.3 is 14.0 Å². The monoisotopic (exact) mass is 509 g/mol. The highest BCUT2D eigenvalue weighted by Gasteiger charge is 2.32. The summed E-state index contributed by atoms with van der Waals surface area (Å²) in [6.07, 6.45) is 4.87. The van der Waals surface area contributed by atoms with Crippen molar-refractivity contribution in [2.75, 3.05) is 11.4 Å². The van der Waals surface area contributed by atoms with Crippen LogP contribution < -0.4 is 10.3 Å². The lowest BCUT2D eigenvalue weighted by Gasteiger charge is -2.19. The SMILES string of the molecule is Cn1cc(/C=C2\C(=O)N(CCCn3c4ccccc4c(=O)c4ccccc43)c3ccccc32)c2ccccc21. The van der Waals surface area contributed by atoms with Gasteiger partial charge in [-0.15, -0.1) is 0 Å². The largest absolute Gasteiger partial charge is 0.350 e. The number of nitrogens with zero attached hydrogens (tertiary/aromatic N) is 3. The highest BCUT2D eigenvalue weighted by molar-refractivity contribution is 6.36. The van der Waals surface area contributed by atoms with Crippen LogP contribution in [0.25, 0.3) is 44.4 Å². The summed E-state index contributed by atoms with van der Waals surface area (Å²) < 4.78 is 4.31. The number of hydrogen-bond acceptors (Lipinski definition) is 2. The second-order valence-corrected chi connectivity index (χ2v) is 10.1. The lowest BCUT2D eigenvalue weighted by atomic mass is 10.0. The molecular weight excluding hydrogens is 482 g/mol. The zero-order valence-corrected chi connectivity index (χ0v) is 21.7. The van der Waals surface area contributed by atoms with Gasteiger partial charge in [-0.05, 0) is 48.9 Å². The molecule has 0 saturated carbocycles. The van der Waals surface area contributed by atoms with Crippen molar-refractivity contribution < 1.29 is 4.79 Å². The van der Waals surface area contributed by atoms with Crippen LogP contribution in [0.5, 0.6) is 0 Å². The first-order chi connectivity index (χ1) is 19.1. The third-order valence-corrected chi connectivity index (χ3v) is 7.83. The minimum Gasteiger partial charge on any atom is -0.350 e. The first-order valence-electron chi connectivity index (χ1n) is 13.3. The number of amides is 1. The van der Waals surface area contributed by atoms with Gasteiger partial charge in [0.25, 0.3) is 5.91 Å². The molecule has 4 aromatic carbocycles. The van der Waals surface area contributed by atoms with Gasteiger partial charge in [-0.2, -0.15) is 0 Å². The molecule has 3 heterocycles. The van der Waals surface area contributed by atoms with Gasteiger partial charge in [0.15, 0.2) is 5.43 Å². The number of pyridine rings is 1. The molecule has 0 atom stereocenters. The Labute approximate surface area is 225 Å². The summed E-state index contributed by atoms with van der Waals surface area (Å²) in [6, 6.07) is 31.9. The second-order valence-electron chi connectivity index (χ2n) is 10.1. The molecular formula is C34H27N3O2. The van der Waals surface area contributed by atoms with E-state index in [-0.39, 0.29) is 11.3 Å². The molecule has 2 aromatic heterocycles. The van der Waals surface area contributed by atoms with Crippen molar-refractivity contribution in [2.45, 2.75) is 13.0 Å². The number of benzene rings is 4. The van der Waals surface area contributed by atoms with Crippen LogP contribution in [0.3, 0.4) is 0 Å². The molecule has 0 radical (unpaired) electrons. The third kappa shape index (κ3) is 3.69. The minimum absolute atomic E-state index is 0.0266. The number of anilines is 1. The number of carbonyl (C=O) groups is 1. The lowest BCUT2D eigenvalue weighted by Crippen LogP contribution is -2.28. The maximum absolute atomic E-state index is 13.8. The quantitative estimate of drug-likeness (QED) is 0.194. The highest BCUT2D eigenvalue weighted by atomic mass is 16.2. The number of hydrogen-bond donors (Lipinski definition) is 0. The van der Waals surface area contributed by atoms with E-state index in [0.29, 0.717) is 13.1 Å². The van der Waals surface area contributed by atoms with E-state index in [1.54, 1.807) is 0 Å². The first-order valence-corrected chi connectivity index (χ1v) is 13.3. The summed E-state index contributed by atoms with van der Waals surface area (Å²) in [5, 5.41) is 2.58. The summed E-state index contributed by atoms with van der Waals surface area (Å²) in [6.45, 7) is 1.27. The van der Waals surface area contributed by atoms with E-state index < -0.39 is 0 Å². The number of para-hydroxylation sites is 4. The zero-order chi connectivity index (χ0) is 26.5. The molecule has 0 aliphatic carbocycles. The Balaban J connectivity index is 1.23. The van der Waals surface area contributed by atoms with E-state index in [2.05, 4.69) is 27.5 Å². The minimum atomic E-state index is 0.0266. The third-order valence-electron chi connectivity index (χ3n) is 7.83. The Kier molecular flexibility index (Phi) is 5.44. The average Bonchev–Trinajstić information content (AvgIpc) is 3.44. The van der Waals surface area contributed by atoms with Crippen LogP contribution in [-0.2, 0) is 18.4 Å². The van der Waals surface area contributed by atoms with E-state index in [4.69, 9.17) is 0 Å². The summed E-state index contributed by atoms with van der Waals surface area (Å²) in [7, 11) is 2.03. The fourth-order valence-corrected chi connectivity index (χ4v) is 6.02. The van der Waals surface area contributed by atoms with Crippen LogP contribution in [0.1, 0.15) is 17.5 Å². The van der Waals surface area contributed by atoms with Gasteiger partial charge in [-0.25, -0.2) is 0 Å². The topological polar surface area (TPSA) is 47.2 Å². The van der Waals surface area contributed by atoms with E-state index in [1.807, 2.05) is 103 Å². The van der Waals surface area contributed by atoms with Crippen molar-refractivity contribution >= 4 is 56.0 Å². The predicted molar refractivity (Wildman–Crippen MR) is 160 cm³/mol. The Morgan fingerprint density at radius 2 is 1.26 bits per heavy atom. The molecule has 39 heavy (non-hydrogen) atoms. The Hall–Kier alpha value is -4.90. The average molecular weight is 510 g/mol. The van der Waals surface area contributed by atoms with Crippen molar-refractivity contribution in [3.63, 3.8) is 0 Å². The molecule has 0 bridgehead atoms. The lowest BCUT2D eigenvalue weighted by molar-refractivity contribution is -0.113. The van der Waals surface area contributed by atoms with Crippen molar-refractivity contribution in [3.8, 4) is 0 Å². The molecule has 0 fully saturated rings. The van der Waals surface area contributed by atoms with Gasteiger partial charge >= 0.3 is 0 Å². The van der Waals surface area contributed by atoms with Crippen LogP contribution in [0, 0.1) is 0 Å². The van der Waals surface area contributed by atoms with Gasteiger partial charge in [0, 0.05) is 64.7 Å². The molecule has 1 aliphatic heterocycles. The number of aryl methyl sites for hydroxylation is 2. The van der Waals surface area contributed by atoms with Crippen molar-refractivity contribution in [1.82, 2.24) is 9.13 Å². The molecule has 0 N–H and O–H groups in total. The highest BCUT2D eigenvalue weighted by Crippen LogP contribution is 2.38. The van der Waals surface area contributed by atoms with Crippen LogP contribution >= 0.6 is 0 Å². The van der Waals surface area contributed by atoms with Crippen molar-refractivity contribution in [3.05, 3.63) is 125 Å². The maximum Gasteiger partial charge on any atom is 0.258 e. The van der Waals surface area contributed by atoms with Crippen molar-refractivity contribution in [2.24, 2.45) is 7.05 Å². The first kappa shape index (κ1) is 23.2. The van der Waals surface area contributed by atoms with E-state index in [9.17, 15) is 9.59 Å². The summed E-state index contributed by atoms with van der Waals surface area (Å²) >= 11 is 0.